The van der Waals surface area contributed by atoms with Crippen LogP contribution < -0.4 is 4.74 Å². The van der Waals surface area contributed by atoms with Crippen LogP contribution in [0.3, 0.4) is 0 Å². The molecule has 0 spiro atoms. The molecule has 13 heavy (non-hydrogen) atoms. The molecule has 0 saturated heterocycles. The van der Waals surface area contributed by atoms with Gasteiger partial charge in [-0.1, -0.05) is 19.9 Å². The first-order valence-electron chi connectivity index (χ1n) is 4.89. The van der Waals surface area contributed by atoms with Crippen LogP contribution in [0.25, 0.3) is 0 Å². The van der Waals surface area contributed by atoms with Crippen molar-refractivity contribution in [1.29, 1.82) is 0 Å². The predicted molar refractivity (Wildman–Crippen MR) is 56.5 cm³/mol. The first-order valence-corrected chi connectivity index (χ1v) is 4.89. The minimum atomic E-state index is 1.03. The molecule has 0 unspecified atom stereocenters. The van der Waals surface area contributed by atoms with Crippen molar-refractivity contribution in [2.45, 2.75) is 33.6 Å². The highest BCUT2D eigenvalue weighted by Crippen LogP contribution is 2.26. The average molecular weight is 178 g/mol. The molecule has 0 aliphatic carbocycles. The topological polar surface area (TPSA) is 9.23 Å². The Morgan fingerprint density at radius 2 is 1.69 bits per heavy atom. The fraction of sp³-hybridized carbons (Fsp3) is 0.500. The summed E-state index contributed by atoms with van der Waals surface area (Å²) in [6.45, 7) is 6.54. The molecular formula is C12H18O. The van der Waals surface area contributed by atoms with Crippen LogP contribution in [0.15, 0.2) is 12.1 Å². The molecule has 0 bridgehead atoms. The smallest absolute Gasteiger partial charge is 0.122 e. The summed E-state index contributed by atoms with van der Waals surface area (Å²) in [5, 5.41) is 0. The monoisotopic (exact) mass is 178 g/mol. The van der Waals surface area contributed by atoms with E-state index in [1.807, 2.05) is 0 Å². The maximum atomic E-state index is 5.33. The number of rotatable bonds is 3. The van der Waals surface area contributed by atoms with Gasteiger partial charge in [0.05, 0.1) is 7.11 Å². The van der Waals surface area contributed by atoms with Crippen molar-refractivity contribution in [3.05, 3.63) is 28.8 Å². The van der Waals surface area contributed by atoms with Gasteiger partial charge in [-0.3, -0.25) is 0 Å². The molecular weight excluding hydrogens is 160 g/mol. The Labute approximate surface area is 80.7 Å². The predicted octanol–water partition coefficient (Wildman–Crippen LogP) is 3.13. The largest absolute Gasteiger partial charge is 0.496 e. The maximum Gasteiger partial charge on any atom is 0.122 e. The molecule has 0 saturated carbocycles. The number of benzene rings is 1. The van der Waals surface area contributed by atoms with Crippen LogP contribution in [0.1, 0.15) is 30.5 Å². The van der Waals surface area contributed by atoms with Crippen molar-refractivity contribution in [2.24, 2.45) is 0 Å². The second-order valence-electron chi connectivity index (χ2n) is 3.25. The van der Waals surface area contributed by atoms with Crippen LogP contribution in [0, 0.1) is 6.92 Å². The highest BCUT2D eigenvalue weighted by atomic mass is 16.5. The second kappa shape index (κ2) is 4.31. The van der Waals surface area contributed by atoms with Crippen LogP contribution in [0.5, 0.6) is 5.75 Å². The lowest BCUT2D eigenvalue weighted by Crippen LogP contribution is -1.98. The Bertz CT molecular complexity index is 289. The molecule has 0 heterocycles. The third-order valence-corrected chi connectivity index (χ3v) is 2.55. The van der Waals surface area contributed by atoms with E-state index in [1.165, 1.54) is 16.7 Å². The Balaban J connectivity index is 3.27. The van der Waals surface area contributed by atoms with Crippen molar-refractivity contribution >= 4 is 0 Å². The van der Waals surface area contributed by atoms with E-state index in [0.29, 0.717) is 0 Å². The molecule has 1 aromatic rings. The van der Waals surface area contributed by atoms with Crippen molar-refractivity contribution in [1.82, 2.24) is 0 Å². The molecule has 1 nitrogen and oxygen atoms in total. The van der Waals surface area contributed by atoms with E-state index in [1.54, 1.807) is 7.11 Å². The molecule has 0 aromatic heterocycles. The zero-order chi connectivity index (χ0) is 9.84. The molecule has 1 heteroatoms. The first-order chi connectivity index (χ1) is 6.24. The number of ether oxygens (including phenoxy) is 1. The standard InChI is InChI=1S/C12H18O/c1-5-10-9(3)7-8-12(13-4)11(10)6-2/h7-8H,5-6H2,1-4H3. The number of hydrogen-bond acceptors (Lipinski definition) is 1. The molecule has 0 radical (unpaired) electrons. The van der Waals surface area contributed by atoms with E-state index in [2.05, 4.69) is 32.9 Å². The summed E-state index contributed by atoms with van der Waals surface area (Å²) in [5.74, 6) is 1.03. The van der Waals surface area contributed by atoms with Crippen LogP contribution in [0.2, 0.25) is 0 Å². The first kappa shape index (κ1) is 10.1. The summed E-state index contributed by atoms with van der Waals surface area (Å²) in [4.78, 5) is 0. The van der Waals surface area contributed by atoms with E-state index in [-0.39, 0.29) is 0 Å². The summed E-state index contributed by atoms with van der Waals surface area (Å²) in [6, 6.07) is 4.20. The summed E-state index contributed by atoms with van der Waals surface area (Å²) in [5.41, 5.74) is 4.19. The van der Waals surface area contributed by atoms with E-state index < -0.39 is 0 Å². The summed E-state index contributed by atoms with van der Waals surface area (Å²) < 4.78 is 5.33. The highest BCUT2D eigenvalue weighted by Gasteiger charge is 2.07. The van der Waals surface area contributed by atoms with Crippen molar-refractivity contribution in [3.63, 3.8) is 0 Å². The lowest BCUT2D eigenvalue weighted by atomic mass is 9.97. The normalized spacial score (nSPS) is 10.2. The number of methoxy groups -OCH3 is 1. The van der Waals surface area contributed by atoms with E-state index in [0.717, 1.165) is 18.6 Å². The van der Waals surface area contributed by atoms with Crippen LogP contribution in [0.4, 0.5) is 0 Å². The zero-order valence-corrected chi connectivity index (χ0v) is 8.98. The van der Waals surface area contributed by atoms with Gasteiger partial charge >= 0.3 is 0 Å². The van der Waals surface area contributed by atoms with E-state index in [4.69, 9.17) is 4.74 Å². The maximum absolute atomic E-state index is 5.33. The lowest BCUT2D eigenvalue weighted by molar-refractivity contribution is 0.409. The fourth-order valence-corrected chi connectivity index (χ4v) is 1.86. The van der Waals surface area contributed by atoms with E-state index >= 15 is 0 Å². The van der Waals surface area contributed by atoms with Crippen molar-refractivity contribution < 1.29 is 4.74 Å². The molecule has 72 valence electrons. The van der Waals surface area contributed by atoms with Crippen LogP contribution >= 0.6 is 0 Å². The zero-order valence-electron chi connectivity index (χ0n) is 8.98. The van der Waals surface area contributed by atoms with Crippen molar-refractivity contribution in [3.8, 4) is 5.75 Å². The van der Waals surface area contributed by atoms with Crippen molar-refractivity contribution in [2.75, 3.05) is 7.11 Å². The van der Waals surface area contributed by atoms with Gasteiger partial charge in [0.1, 0.15) is 5.75 Å². The van der Waals surface area contributed by atoms with Gasteiger partial charge in [-0.2, -0.15) is 0 Å². The summed E-state index contributed by atoms with van der Waals surface area (Å²) in [7, 11) is 1.74. The van der Waals surface area contributed by atoms with Gasteiger partial charge in [0, 0.05) is 0 Å². The van der Waals surface area contributed by atoms with Gasteiger partial charge in [0.15, 0.2) is 0 Å². The Morgan fingerprint density at radius 3 is 2.15 bits per heavy atom. The highest BCUT2D eigenvalue weighted by molar-refractivity contribution is 5.44. The third-order valence-electron chi connectivity index (χ3n) is 2.55. The Hall–Kier alpha value is -0.980. The summed E-state index contributed by atoms with van der Waals surface area (Å²) >= 11 is 0. The van der Waals surface area contributed by atoms with Gasteiger partial charge in [-0.25, -0.2) is 0 Å². The molecule has 1 aromatic carbocycles. The lowest BCUT2D eigenvalue weighted by Gasteiger charge is -2.13. The van der Waals surface area contributed by atoms with Gasteiger partial charge in [-0.15, -0.1) is 0 Å². The third kappa shape index (κ3) is 1.85. The molecule has 1 rings (SSSR count). The minimum Gasteiger partial charge on any atom is -0.496 e. The molecule has 0 aliphatic heterocycles. The van der Waals surface area contributed by atoms with Gasteiger partial charge in [-0.05, 0) is 42.5 Å². The fourth-order valence-electron chi connectivity index (χ4n) is 1.86. The Morgan fingerprint density at radius 1 is 1.08 bits per heavy atom. The molecule has 0 atom stereocenters. The second-order valence-corrected chi connectivity index (χ2v) is 3.25. The van der Waals surface area contributed by atoms with Gasteiger partial charge in [0.25, 0.3) is 0 Å². The molecule has 0 amide bonds. The van der Waals surface area contributed by atoms with Crippen LogP contribution in [-0.4, -0.2) is 7.11 Å². The van der Waals surface area contributed by atoms with E-state index in [9.17, 15) is 0 Å². The van der Waals surface area contributed by atoms with Gasteiger partial charge < -0.3 is 4.74 Å². The van der Waals surface area contributed by atoms with Crippen LogP contribution in [-0.2, 0) is 12.8 Å². The molecule has 0 N–H and O–H groups in total. The minimum absolute atomic E-state index is 1.03. The quantitative estimate of drug-likeness (QED) is 0.691. The Kier molecular flexibility index (Phi) is 3.35. The number of aryl methyl sites for hydroxylation is 1. The molecule has 0 fully saturated rings. The summed E-state index contributed by atoms with van der Waals surface area (Å²) in [6.07, 6.45) is 2.14. The number of hydrogen-bond donors (Lipinski definition) is 0. The SMILES string of the molecule is CCc1c(C)ccc(OC)c1CC. The molecule has 0 aliphatic rings. The van der Waals surface area contributed by atoms with Gasteiger partial charge in [0.2, 0.25) is 0 Å². The average Bonchev–Trinajstić information content (AvgIpc) is 2.17.